The zero-order valence-electron chi connectivity index (χ0n) is 9.33. The molecule has 0 heterocycles. The molecule has 0 spiro atoms. The van der Waals surface area contributed by atoms with Crippen LogP contribution in [0.2, 0.25) is 0 Å². The summed E-state index contributed by atoms with van der Waals surface area (Å²) in [5.41, 5.74) is 5.64. The zero-order chi connectivity index (χ0) is 10.5. The molecule has 0 aromatic heterocycles. The molecule has 1 aliphatic carbocycles. The van der Waals surface area contributed by atoms with Gasteiger partial charge in [0.05, 0.1) is 7.11 Å². The monoisotopic (exact) mass is 205 g/mol. The van der Waals surface area contributed by atoms with Crippen molar-refractivity contribution < 1.29 is 4.84 Å². The fourth-order valence-electron chi connectivity index (χ4n) is 2.32. The minimum Gasteiger partial charge on any atom is -0.305 e. The Morgan fingerprint density at radius 2 is 1.87 bits per heavy atom. The fraction of sp³-hybridized carbons (Fsp3) is 0.538. The van der Waals surface area contributed by atoms with Crippen LogP contribution in [-0.2, 0) is 11.4 Å². The highest BCUT2D eigenvalue weighted by Crippen LogP contribution is 2.33. The number of benzene rings is 1. The van der Waals surface area contributed by atoms with Crippen molar-refractivity contribution in [2.75, 3.05) is 7.11 Å². The molecule has 1 saturated carbocycles. The molecular weight excluding hydrogens is 186 g/mol. The van der Waals surface area contributed by atoms with Crippen molar-refractivity contribution in [3.63, 3.8) is 0 Å². The van der Waals surface area contributed by atoms with E-state index >= 15 is 0 Å². The molecule has 1 aromatic carbocycles. The molecule has 1 fully saturated rings. The lowest BCUT2D eigenvalue weighted by molar-refractivity contribution is 0.0867. The molecule has 0 saturated heterocycles. The van der Waals surface area contributed by atoms with E-state index in [4.69, 9.17) is 4.84 Å². The molecule has 0 atom stereocenters. The maximum Gasteiger partial charge on any atom is 0.0572 e. The molecule has 0 amide bonds. The number of rotatable bonds is 4. The van der Waals surface area contributed by atoms with E-state index in [0.717, 1.165) is 12.5 Å². The van der Waals surface area contributed by atoms with Gasteiger partial charge in [0.1, 0.15) is 0 Å². The first-order chi connectivity index (χ1) is 7.40. The Labute approximate surface area is 91.6 Å². The van der Waals surface area contributed by atoms with Gasteiger partial charge in [-0.1, -0.05) is 37.1 Å². The molecule has 82 valence electrons. The first-order valence-corrected chi connectivity index (χ1v) is 5.75. The Kier molecular flexibility index (Phi) is 3.75. The summed E-state index contributed by atoms with van der Waals surface area (Å²) in [5, 5.41) is 0. The topological polar surface area (TPSA) is 21.3 Å². The Hall–Kier alpha value is -0.860. The van der Waals surface area contributed by atoms with Crippen LogP contribution in [-0.4, -0.2) is 7.11 Å². The molecule has 1 aromatic rings. The van der Waals surface area contributed by atoms with Gasteiger partial charge < -0.3 is 4.84 Å². The predicted molar refractivity (Wildman–Crippen MR) is 61.5 cm³/mol. The van der Waals surface area contributed by atoms with Crippen LogP contribution < -0.4 is 5.48 Å². The van der Waals surface area contributed by atoms with Crippen LogP contribution in [0.5, 0.6) is 0 Å². The van der Waals surface area contributed by atoms with Crippen LogP contribution in [0.3, 0.4) is 0 Å². The number of nitrogens with one attached hydrogen (secondary N) is 1. The normalized spacial score (nSPS) is 17.1. The van der Waals surface area contributed by atoms with Crippen LogP contribution in [0.15, 0.2) is 24.3 Å². The van der Waals surface area contributed by atoms with E-state index < -0.39 is 0 Å². The van der Waals surface area contributed by atoms with Crippen molar-refractivity contribution in [1.29, 1.82) is 0 Å². The molecule has 0 aliphatic heterocycles. The molecule has 0 bridgehead atoms. The first-order valence-electron chi connectivity index (χ1n) is 5.75. The summed E-state index contributed by atoms with van der Waals surface area (Å²) in [6.07, 6.45) is 5.54. The standard InChI is InChI=1S/C13H19NO/c1-15-14-10-11-6-8-13(9-7-11)12-4-2-3-5-12/h6-9,12,14H,2-5,10H2,1H3. The van der Waals surface area contributed by atoms with Crippen molar-refractivity contribution in [2.24, 2.45) is 0 Å². The minimum absolute atomic E-state index is 0.779. The van der Waals surface area contributed by atoms with E-state index in [0.29, 0.717) is 0 Å². The van der Waals surface area contributed by atoms with E-state index in [9.17, 15) is 0 Å². The van der Waals surface area contributed by atoms with E-state index in [1.54, 1.807) is 7.11 Å². The Bertz CT molecular complexity index is 288. The molecule has 15 heavy (non-hydrogen) atoms. The van der Waals surface area contributed by atoms with Crippen LogP contribution in [0.1, 0.15) is 42.7 Å². The van der Waals surface area contributed by atoms with Gasteiger partial charge in [0.25, 0.3) is 0 Å². The van der Waals surface area contributed by atoms with Crippen LogP contribution in [0.25, 0.3) is 0 Å². The lowest BCUT2D eigenvalue weighted by Gasteiger charge is -2.10. The van der Waals surface area contributed by atoms with Gasteiger partial charge >= 0.3 is 0 Å². The van der Waals surface area contributed by atoms with Crippen molar-refractivity contribution in [2.45, 2.75) is 38.1 Å². The fourth-order valence-corrected chi connectivity index (χ4v) is 2.32. The van der Waals surface area contributed by atoms with Gasteiger partial charge in [0.2, 0.25) is 0 Å². The average Bonchev–Trinajstić information content (AvgIpc) is 2.80. The SMILES string of the molecule is CONCc1ccc(C2CCCC2)cc1. The Morgan fingerprint density at radius 1 is 1.20 bits per heavy atom. The highest BCUT2D eigenvalue weighted by molar-refractivity contribution is 5.25. The molecule has 2 rings (SSSR count). The first kappa shape index (κ1) is 10.7. The quantitative estimate of drug-likeness (QED) is 0.763. The van der Waals surface area contributed by atoms with Gasteiger partial charge in [-0.05, 0) is 29.9 Å². The van der Waals surface area contributed by atoms with Crippen molar-refractivity contribution >= 4 is 0 Å². The van der Waals surface area contributed by atoms with Gasteiger partial charge in [-0.15, -0.1) is 0 Å². The number of hydroxylamine groups is 1. The Morgan fingerprint density at radius 3 is 2.47 bits per heavy atom. The molecule has 0 radical (unpaired) electrons. The number of hydrogen-bond acceptors (Lipinski definition) is 2. The van der Waals surface area contributed by atoms with E-state index in [2.05, 4.69) is 29.7 Å². The second-order valence-corrected chi connectivity index (χ2v) is 4.25. The summed E-state index contributed by atoms with van der Waals surface area (Å²) >= 11 is 0. The smallest absolute Gasteiger partial charge is 0.0572 e. The largest absolute Gasteiger partial charge is 0.305 e. The summed E-state index contributed by atoms with van der Waals surface area (Å²) in [7, 11) is 1.65. The highest BCUT2D eigenvalue weighted by Gasteiger charge is 2.16. The van der Waals surface area contributed by atoms with Gasteiger partial charge in [-0.2, -0.15) is 5.48 Å². The van der Waals surface area contributed by atoms with E-state index in [1.165, 1.54) is 36.8 Å². The second kappa shape index (κ2) is 5.29. The van der Waals surface area contributed by atoms with Gasteiger partial charge in [-0.3, -0.25) is 0 Å². The highest BCUT2D eigenvalue weighted by atomic mass is 16.6. The van der Waals surface area contributed by atoms with Crippen molar-refractivity contribution in [3.8, 4) is 0 Å². The lowest BCUT2D eigenvalue weighted by Crippen LogP contribution is -2.10. The van der Waals surface area contributed by atoms with Gasteiger partial charge in [0, 0.05) is 6.54 Å². The average molecular weight is 205 g/mol. The van der Waals surface area contributed by atoms with Crippen molar-refractivity contribution in [1.82, 2.24) is 5.48 Å². The third-order valence-electron chi connectivity index (χ3n) is 3.23. The Balaban J connectivity index is 1.96. The summed E-state index contributed by atoms with van der Waals surface area (Å²) in [6.45, 7) is 0.779. The molecular formula is C13H19NO. The molecule has 1 aliphatic rings. The summed E-state index contributed by atoms with van der Waals surface area (Å²) in [6, 6.07) is 8.92. The molecule has 2 nitrogen and oxygen atoms in total. The van der Waals surface area contributed by atoms with E-state index in [1.807, 2.05) is 0 Å². The predicted octanol–water partition coefficient (Wildman–Crippen LogP) is 3.00. The number of hydrogen-bond donors (Lipinski definition) is 1. The molecule has 0 unspecified atom stereocenters. The molecule has 2 heteroatoms. The lowest BCUT2D eigenvalue weighted by atomic mass is 9.97. The zero-order valence-corrected chi connectivity index (χ0v) is 9.33. The maximum atomic E-state index is 4.83. The van der Waals surface area contributed by atoms with Crippen LogP contribution >= 0.6 is 0 Å². The van der Waals surface area contributed by atoms with Gasteiger partial charge in [0.15, 0.2) is 0 Å². The van der Waals surface area contributed by atoms with Gasteiger partial charge in [-0.25, -0.2) is 0 Å². The van der Waals surface area contributed by atoms with E-state index in [-0.39, 0.29) is 0 Å². The van der Waals surface area contributed by atoms with Crippen LogP contribution in [0, 0.1) is 0 Å². The second-order valence-electron chi connectivity index (χ2n) is 4.25. The summed E-state index contributed by atoms with van der Waals surface area (Å²) < 4.78 is 0. The maximum absolute atomic E-state index is 4.83. The molecule has 1 N–H and O–H groups in total. The summed E-state index contributed by atoms with van der Waals surface area (Å²) in [5.74, 6) is 0.814. The third-order valence-corrected chi connectivity index (χ3v) is 3.23. The summed E-state index contributed by atoms with van der Waals surface area (Å²) in [4.78, 5) is 4.83. The minimum atomic E-state index is 0.779. The van der Waals surface area contributed by atoms with Crippen molar-refractivity contribution in [3.05, 3.63) is 35.4 Å². The van der Waals surface area contributed by atoms with Crippen LogP contribution in [0.4, 0.5) is 0 Å². The third kappa shape index (κ3) is 2.80.